The Balaban J connectivity index is 1.71. The number of H-pyrrole nitrogens is 1. The first kappa shape index (κ1) is 16.7. The third kappa shape index (κ3) is 3.67. The molecule has 2 atom stereocenters. The van der Waals surface area contributed by atoms with Crippen molar-refractivity contribution in [2.75, 3.05) is 39.9 Å². The zero-order valence-electron chi connectivity index (χ0n) is 14.6. The van der Waals surface area contributed by atoms with E-state index < -0.39 is 0 Å². The summed E-state index contributed by atoms with van der Waals surface area (Å²) in [6.07, 6.45) is 4.46. The topological polar surface area (TPSA) is 48.6 Å². The Morgan fingerprint density at radius 1 is 1.26 bits per heavy atom. The molecule has 3 aliphatic heterocycles. The Hall–Kier alpha value is -1.17. The number of piperidine rings is 1. The van der Waals surface area contributed by atoms with E-state index in [0.29, 0.717) is 6.04 Å². The van der Waals surface area contributed by atoms with Gasteiger partial charge in [0.1, 0.15) is 0 Å². The van der Waals surface area contributed by atoms with Gasteiger partial charge < -0.3 is 9.72 Å². The van der Waals surface area contributed by atoms with Crippen LogP contribution in [0.4, 0.5) is 0 Å². The Kier molecular flexibility index (Phi) is 5.19. The van der Waals surface area contributed by atoms with Crippen LogP contribution in [-0.2, 0) is 11.3 Å². The predicted octanol–water partition coefficient (Wildman–Crippen LogP) is 1.53. The van der Waals surface area contributed by atoms with Gasteiger partial charge in [-0.15, -0.1) is 0 Å². The standard InChI is InChI=1S/C18H29N3O2/c1-13-8-19-17(14(2)18(13)22)12-20-9-15-4-5-16(11-20)21(10-15)6-7-23-3/h8,15-16H,4-7,9-12H2,1-3H3,(H,19,22)/t15-,16+/m1/s1. The molecule has 2 bridgehead atoms. The van der Waals surface area contributed by atoms with Crippen molar-refractivity contribution in [3.05, 3.63) is 33.2 Å². The highest BCUT2D eigenvalue weighted by Crippen LogP contribution is 2.28. The van der Waals surface area contributed by atoms with Gasteiger partial charge in [-0.2, -0.15) is 0 Å². The number of nitrogens with one attached hydrogen (secondary N) is 1. The van der Waals surface area contributed by atoms with Crippen LogP contribution < -0.4 is 5.43 Å². The number of nitrogens with zero attached hydrogens (tertiary/aromatic N) is 2. The van der Waals surface area contributed by atoms with Gasteiger partial charge in [-0.05, 0) is 32.6 Å². The third-order valence-electron chi connectivity index (χ3n) is 5.48. The van der Waals surface area contributed by atoms with Crippen molar-refractivity contribution < 1.29 is 4.74 Å². The molecule has 4 rings (SSSR count). The highest BCUT2D eigenvalue weighted by Gasteiger charge is 2.34. The van der Waals surface area contributed by atoms with E-state index in [9.17, 15) is 4.79 Å². The molecule has 4 heterocycles. The number of methoxy groups -OCH3 is 1. The number of hydrogen-bond donors (Lipinski definition) is 1. The number of pyridine rings is 1. The molecular formula is C18H29N3O2. The minimum atomic E-state index is 0.179. The number of aromatic amines is 1. The van der Waals surface area contributed by atoms with Crippen LogP contribution in [0.3, 0.4) is 0 Å². The fourth-order valence-corrected chi connectivity index (χ4v) is 4.08. The van der Waals surface area contributed by atoms with Gasteiger partial charge in [0, 0.05) is 68.9 Å². The van der Waals surface area contributed by atoms with E-state index in [1.165, 1.54) is 19.4 Å². The Bertz CT molecular complexity index is 598. The van der Waals surface area contributed by atoms with E-state index in [-0.39, 0.29) is 5.43 Å². The van der Waals surface area contributed by atoms with Crippen molar-refractivity contribution in [2.45, 2.75) is 39.3 Å². The van der Waals surface area contributed by atoms with Crippen LogP contribution in [0.1, 0.15) is 29.7 Å². The van der Waals surface area contributed by atoms with Crippen LogP contribution >= 0.6 is 0 Å². The monoisotopic (exact) mass is 319 g/mol. The van der Waals surface area contributed by atoms with Crippen molar-refractivity contribution in [1.82, 2.24) is 14.8 Å². The number of aryl methyl sites for hydroxylation is 1. The molecule has 0 amide bonds. The first-order valence-electron chi connectivity index (χ1n) is 8.71. The summed E-state index contributed by atoms with van der Waals surface area (Å²) in [5.74, 6) is 0.739. The molecule has 0 unspecified atom stereocenters. The van der Waals surface area contributed by atoms with Crippen molar-refractivity contribution in [3.63, 3.8) is 0 Å². The second kappa shape index (κ2) is 7.16. The van der Waals surface area contributed by atoms with Crippen molar-refractivity contribution in [3.8, 4) is 0 Å². The normalized spacial score (nSPS) is 25.7. The van der Waals surface area contributed by atoms with Gasteiger partial charge in [-0.25, -0.2) is 0 Å². The first-order chi connectivity index (χ1) is 11.1. The molecule has 1 aromatic heterocycles. The lowest BCUT2D eigenvalue weighted by atomic mass is 9.95. The molecule has 0 spiro atoms. The molecule has 3 fully saturated rings. The lowest BCUT2D eigenvalue weighted by Crippen LogP contribution is -2.45. The molecule has 0 aromatic carbocycles. The van der Waals surface area contributed by atoms with Gasteiger partial charge in [-0.3, -0.25) is 14.6 Å². The summed E-state index contributed by atoms with van der Waals surface area (Å²) in [5, 5.41) is 0. The van der Waals surface area contributed by atoms with E-state index in [2.05, 4.69) is 14.8 Å². The van der Waals surface area contributed by atoms with Gasteiger partial charge >= 0.3 is 0 Å². The van der Waals surface area contributed by atoms with E-state index in [1.807, 2.05) is 20.0 Å². The summed E-state index contributed by atoms with van der Waals surface area (Å²) in [7, 11) is 1.78. The lowest BCUT2D eigenvalue weighted by Gasteiger charge is -2.35. The Morgan fingerprint density at radius 2 is 2.09 bits per heavy atom. The average molecular weight is 319 g/mol. The van der Waals surface area contributed by atoms with Crippen molar-refractivity contribution in [2.24, 2.45) is 5.92 Å². The number of aromatic nitrogens is 1. The highest BCUT2D eigenvalue weighted by molar-refractivity contribution is 5.23. The van der Waals surface area contributed by atoms with Crippen LogP contribution in [0.2, 0.25) is 0 Å². The Morgan fingerprint density at radius 3 is 2.87 bits per heavy atom. The maximum Gasteiger partial charge on any atom is 0.187 e. The molecule has 128 valence electrons. The molecule has 0 saturated carbocycles. The molecule has 5 nitrogen and oxygen atoms in total. The largest absolute Gasteiger partial charge is 0.383 e. The van der Waals surface area contributed by atoms with Crippen LogP contribution in [0.5, 0.6) is 0 Å². The maximum absolute atomic E-state index is 12.1. The van der Waals surface area contributed by atoms with Gasteiger partial charge in [-0.1, -0.05) is 0 Å². The van der Waals surface area contributed by atoms with Crippen LogP contribution in [0, 0.1) is 19.8 Å². The van der Waals surface area contributed by atoms with E-state index in [0.717, 1.165) is 55.5 Å². The summed E-state index contributed by atoms with van der Waals surface area (Å²) in [6, 6.07) is 0.626. The summed E-state index contributed by atoms with van der Waals surface area (Å²) in [4.78, 5) is 20.6. The average Bonchev–Trinajstić information content (AvgIpc) is 2.84. The van der Waals surface area contributed by atoms with Crippen LogP contribution in [-0.4, -0.2) is 60.7 Å². The SMILES string of the molecule is COCCN1C[C@@H]2CC[C@H]1CN(Cc1[nH]cc(C)c(=O)c1C)C2. The molecule has 1 N–H and O–H groups in total. The molecule has 3 saturated heterocycles. The van der Waals surface area contributed by atoms with Gasteiger partial charge in [0.15, 0.2) is 5.43 Å². The zero-order chi connectivity index (χ0) is 16.4. The first-order valence-corrected chi connectivity index (χ1v) is 8.71. The molecule has 1 aromatic rings. The molecule has 23 heavy (non-hydrogen) atoms. The third-order valence-corrected chi connectivity index (χ3v) is 5.48. The maximum atomic E-state index is 12.1. The molecule has 0 aliphatic carbocycles. The van der Waals surface area contributed by atoms with Crippen LogP contribution in [0.15, 0.2) is 11.0 Å². The molecular weight excluding hydrogens is 290 g/mol. The van der Waals surface area contributed by atoms with E-state index in [4.69, 9.17) is 4.74 Å². The summed E-state index contributed by atoms with van der Waals surface area (Å²) in [6.45, 7) is 9.93. The summed E-state index contributed by atoms with van der Waals surface area (Å²) < 4.78 is 5.26. The second-order valence-electron chi connectivity index (χ2n) is 7.18. The zero-order valence-corrected chi connectivity index (χ0v) is 14.6. The smallest absolute Gasteiger partial charge is 0.187 e. The summed E-state index contributed by atoms with van der Waals surface area (Å²) >= 11 is 0. The Labute approximate surface area is 138 Å². The molecule has 0 radical (unpaired) electrons. The molecule has 5 heteroatoms. The van der Waals surface area contributed by atoms with Crippen molar-refractivity contribution in [1.29, 1.82) is 0 Å². The van der Waals surface area contributed by atoms with Crippen LogP contribution in [0.25, 0.3) is 0 Å². The minimum absolute atomic E-state index is 0.179. The number of fused-ring (bicyclic) bond motifs is 4. The fraction of sp³-hybridized carbons (Fsp3) is 0.722. The highest BCUT2D eigenvalue weighted by atomic mass is 16.5. The minimum Gasteiger partial charge on any atom is -0.383 e. The van der Waals surface area contributed by atoms with E-state index in [1.54, 1.807) is 7.11 Å². The fourth-order valence-electron chi connectivity index (χ4n) is 4.08. The predicted molar refractivity (Wildman–Crippen MR) is 91.8 cm³/mol. The number of rotatable bonds is 5. The number of hydrogen-bond acceptors (Lipinski definition) is 4. The van der Waals surface area contributed by atoms with Crippen molar-refractivity contribution >= 4 is 0 Å². The number of ether oxygens (including phenoxy) is 1. The van der Waals surface area contributed by atoms with Gasteiger partial charge in [0.2, 0.25) is 0 Å². The quantitative estimate of drug-likeness (QED) is 0.894. The van der Waals surface area contributed by atoms with Gasteiger partial charge in [0.05, 0.1) is 6.61 Å². The summed E-state index contributed by atoms with van der Waals surface area (Å²) in [5.41, 5.74) is 2.93. The van der Waals surface area contributed by atoms with E-state index >= 15 is 0 Å². The molecule has 3 aliphatic rings. The van der Waals surface area contributed by atoms with Gasteiger partial charge in [0.25, 0.3) is 0 Å². The second-order valence-corrected chi connectivity index (χ2v) is 7.18. The lowest BCUT2D eigenvalue weighted by molar-refractivity contribution is 0.0867.